The number of carbonyl (C=O) groups is 3. The summed E-state index contributed by atoms with van der Waals surface area (Å²) < 4.78 is 15.4. The summed E-state index contributed by atoms with van der Waals surface area (Å²) in [6, 6.07) is 8.05. The van der Waals surface area contributed by atoms with Gasteiger partial charge < -0.3 is 19.5 Å². The van der Waals surface area contributed by atoms with Crippen molar-refractivity contribution < 1.29 is 28.6 Å². The number of methoxy groups -OCH3 is 2. The predicted octanol–water partition coefficient (Wildman–Crippen LogP) is 1.87. The second-order valence-corrected chi connectivity index (χ2v) is 6.15. The Bertz CT molecular complexity index is 959. The molecule has 0 saturated heterocycles. The minimum absolute atomic E-state index is 0.0398. The summed E-state index contributed by atoms with van der Waals surface area (Å²) >= 11 is 0. The van der Waals surface area contributed by atoms with Gasteiger partial charge in [0.25, 0.3) is 17.7 Å². The lowest BCUT2D eigenvalue weighted by Crippen LogP contribution is -2.29. The van der Waals surface area contributed by atoms with Crippen LogP contribution in [0.2, 0.25) is 0 Å². The lowest BCUT2D eigenvalue weighted by molar-refractivity contribution is -0.119. The minimum atomic E-state index is -0.506. The molecule has 29 heavy (non-hydrogen) atoms. The van der Waals surface area contributed by atoms with E-state index < -0.39 is 17.7 Å². The van der Waals surface area contributed by atoms with Gasteiger partial charge in [-0.15, -0.1) is 0 Å². The number of hydrogen-bond acceptors (Lipinski definition) is 7. The van der Waals surface area contributed by atoms with Crippen molar-refractivity contribution in [3.63, 3.8) is 0 Å². The number of carbonyl (C=O) groups excluding carboxylic acids is 3. The van der Waals surface area contributed by atoms with Crippen molar-refractivity contribution >= 4 is 23.4 Å². The van der Waals surface area contributed by atoms with Gasteiger partial charge >= 0.3 is 0 Å². The predicted molar refractivity (Wildman–Crippen MR) is 103 cm³/mol. The zero-order chi connectivity index (χ0) is 21.0. The molecule has 0 fully saturated rings. The molecule has 1 aromatic heterocycles. The first-order chi connectivity index (χ1) is 14.0. The van der Waals surface area contributed by atoms with Gasteiger partial charge in [0.2, 0.25) is 5.91 Å². The lowest BCUT2D eigenvalue weighted by Gasteiger charge is -2.15. The lowest BCUT2D eigenvalue weighted by atomic mass is 10.1. The van der Waals surface area contributed by atoms with E-state index in [0.29, 0.717) is 18.1 Å². The molecule has 2 heterocycles. The van der Waals surface area contributed by atoms with Gasteiger partial charge in [-0.3, -0.25) is 19.3 Å². The number of pyridine rings is 1. The molecule has 0 bridgehead atoms. The van der Waals surface area contributed by atoms with Crippen molar-refractivity contribution in [2.24, 2.45) is 0 Å². The molecule has 3 amide bonds. The largest absolute Gasteiger partial charge is 0.491 e. The summed E-state index contributed by atoms with van der Waals surface area (Å²) in [5, 5.41) is 2.60. The number of rotatable bonds is 8. The highest BCUT2D eigenvalue weighted by Gasteiger charge is 2.38. The summed E-state index contributed by atoms with van der Waals surface area (Å²) in [6.07, 6.45) is 0. The molecule has 0 atom stereocenters. The first-order valence-electron chi connectivity index (χ1n) is 8.94. The highest BCUT2D eigenvalue weighted by molar-refractivity contribution is 6.24. The fourth-order valence-corrected chi connectivity index (χ4v) is 3.01. The summed E-state index contributed by atoms with van der Waals surface area (Å²) in [7, 11) is 2.90. The van der Waals surface area contributed by atoms with Crippen LogP contribution >= 0.6 is 0 Å². The Kier molecular flexibility index (Phi) is 6.08. The van der Waals surface area contributed by atoms with Gasteiger partial charge in [-0.05, 0) is 31.2 Å². The zero-order valence-electron chi connectivity index (χ0n) is 16.4. The maximum absolute atomic E-state index is 12.9. The minimum Gasteiger partial charge on any atom is -0.491 e. The first kappa shape index (κ1) is 20.3. The van der Waals surface area contributed by atoms with Crippen LogP contribution < -0.4 is 14.8 Å². The van der Waals surface area contributed by atoms with Crippen LogP contribution in [0.15, 0.2) is 30.3 Å². The molecule has 0 radical (unpaired) electrons. The van der Waals surface area contributed by atoms with Crippen LogP contribution in [0.25, 0.3) is 0 Å². The number of ether oxygens (including phenoxy) is 3. The van der Waals surface area contributed by atoms with E-state index in [2.05, 4.69) is 10.3 Å². The third kappa shape index (κ3) is 4.04. The van der Waals surface area contributed by atoms with E-state index in [0.717, 1.165) is 4.90 Å². The monoisotopic (exact) mass is 399 g/mol. The Labute approximate surface area is 167 Å². The van der Waals surface area contributed by atoms with E-state index >= 15 is 0 Å². The maximum atomic E-state index is 12.9. The van der Waals surface area contributed by atoms with Crippen molar-refractivity contribution in [1.82, 2.24) is 9.88 Å². The normalized spacial score (nSPS) is 12.7. The molecular formula is C20H21N3O6. The number of amides is 3. The SMILES string of the molecule is CCOc1nc(CN2C(=O)c3cccc(NC(=O)COC)c3C2=O)ccc1OC. The Hall–Kier alpha value is -3.46. The van der Waals surface area contributed by atoms with Crippen molar-refractivity contribution in [3.05, 3.63) is 47.2 Å². The second-order valence-electron chi connectivity index (χ2n) is 6.15. The fourth-order valence-electron chi connectivity index (χ4n) is 3.01. The third-order valence-electron chi connectivity index (χ3n) is 4.25. The van der Waals surface area contributed by atoms with E-state index in [9.17, 15) is 14.4 Å². The third-order valence-corrected chi connectivity index (χ3v) is 4.25. The fraction of sp³-hybridized carbons (Fsp3) is 0.300. The molecule has 9 heteroatoms. The number of anilines is 1. The smallest absolute Gasteiger partial charge is 0.264 e. The van der Waals surface area contributed by atoms with Gasteiger partial charge in [0, 0.05) is 7.11 Å². The van der Waals surface area contributed by atoms with E-state index in [1.165, 1.54) is 14.2 Å². The summed E-state index contributed by atoms with van der Waals surface area (Å²) in [4.78, 5) is 43.0. The number of nitrogens with one attached hydrogen (secondary N) is 1. The van der Waals surface area contributed by atoms with Gasteiger partial charge in [-0.2, -0.15) is 0 Å². The molecule has 2 aromatic rings. The number of fused-ring (bicyclic) bond motifs is 1. The molecular weight excluding hydrogens is 378 g/mol. The van der Waals surface area contributed by atoms with E-state index in [1.807, 2.05) is 6.92 Å². The highest BCUT2D eigenvalue weighted by atomic mass is 16.5. The molecule has 1 aliphatic rings. The molecule has 3 rings (SSSR count). The maximum Gasteiger partial charge on any atom is 0.264 e. The molecule has 0 unspecified atom stereocenters. The van der Waals surface area contributed by atoms with Crippen LogP contribution in [0, 0.1) is 0 Å². The van der Waals surface area contributed by atoms with Gasteiger partial charge in [0.15, 0.2) is 5.75 Å². The number of hydrogen-bond donors (Lipinski definition) is 1. The van der Waals surface area contributed by atoms with Crippen molar-refractivity contribution in [2.75, 3.05) is 32.8 Å². The van der Waals surface area contributed by atoms with Gasteiger partial charge in [-0.1, -0.05) is 6.07 Å². The molecule has 0 saturated carbocycles. The summed E-state index contributed by atoms with van der Waals surface area (Å²) in [5.74, 6) is -0.632. The van der Waals surface area contributed by atoms with Crippen molar-refractivity contribution in [1.29, 1.82) is 0 Å². The van der Waals surface area contributed by atoms with E-state index in [4.69, 9.17) is 14.2 Å². The summed E-state index contributed by atoms with van der Waals surface area (Å²) in [6.45, 7) is 2.01. The van der Waals surface area contributed by atoms with Crippen LogP contribution in [0.1, 0.15) is 33.3 Å². The molecule has 0 aliphatic carbocycles. The quantitative estimate of drug-likeness (QED) is 0.675. The molecule has 0 spiro atoms. The van der Waals surface area contributed by atoms with Gasteiger partial charge in [-0.25, -0.2) is 4.98 Å². The number of benzene rings is 1. The Morgan fingerprint density at radius 1 is 1.14 bits per heavy atom. The number of nitrogens with zero attached hydrogens (tertiary/aromatic N) is 2. The van der Waals surface area contributed by atoms with E-state index in [1.54, 1.807) is 30.3 Å². The molecule has 9 nitrogen and oxygen atoms in total. The average molecular weight is 399 g/mol. The molecule has 1 N–H and O–H groups in total. The van der Waals surface area contributed by atoms with Crippen LogP contribution in [0.3, 0.4) is 0 Å². The van der Waals surface area contributed by atoms with Crippen LogP contribution in [-0.4, -0.2) is 55.0 Å². The Morgan fingerprint density at radius 3 is 2.62 bits per heavy atom. The van der Waals surface area contributed by atoms with Crippen molar-refractivity contribution in [3.8, 4) is 11.6 Å². The average Bonchev–Trinajstić information content (AvgIpc) is 2.94. The van der Waals surface area contributed by atoms with Crippen LogP contribution in [0.4, 0.5) is 5.69 Å². The number of imide groups is 1. The Morgan fingerprint density at radius 2 is 1.93 bits per heavy atom. The topological polar surface area (TPSA) is 107 Å². The van der Waals surface area contributed by atoms with Gasteiger partial charge in [0.05, 0.1) is 42.8 Å². The second kappa shape index (κ2) is 8.70. The molecule has 152 valence electrons. The van der Waals surface area contributed by atoms with E-state index in [-0.39, 0.29) is 35.8 Å². The molecule has 1 aliphatic heterocycles. The van der Waals surface area contributed by atoms with Crippen molar-refractivity contribution in [2.45, 2.75) is 13.5 Å². The first-order valence-corrected chi connectivity index (χ1v) is 8.94. The molecule has 1 aromatic carbocycles. The van der Waals surface area contributed by atoms with Crippen LogP contribution in [0.5, 0.6) is 11.6 Å². The van der Waals surface area contributed by atoms with Crippen LogP contribution in [-0.2, 0) is 16.1 Å². The Balaban J connectivity index is 1.87. The summed E-state index contributed by atoms with van der Waals surface area (Å²) in [5.41, 5.74) is 1.11. The zero-order valence-corrected chi connectivity index (χ0v) is 16.4. The van der Waals surface area contributed by atoms with Gasteiger partial charge in [0.1, 0.15) is 6.61 Å². The highest BCUT2D eigenvalue weighted by Crippen LogP contribution is 2.31. The number of aromatic nitrogens is 1. The standard InChI is InChI=1S/C20H21N3O6/c1-4-29-18-15(28-3)9-8-12(21-18)10-23-19(25)13-6-5-7-14(17(13)20(23)26)22-16(24)11-27-2/h5-9H,4,10-11H2,1-3H3,(H,22,24).